The van der Waals surface area contributed by atoms with Crippen molar-refractivity contribution < 1.29 is 44.6 Å². The first kappa shape index (κ1) is 29.8. The van der Waals surface area contributed by atoms with Crippen LogP contribution in [0.2, 0.25) is 0 Å². The molecule has 0 spiro atoms. The Morgan fingerprint density at radius 1 is 0.838 bits per heavy atom. The van der Waals surface area contributed by atoms with Gasteiger partial charge in [0.25, 0.3) is 11.4 Å². The van der Waals surface area contributed by atoms with Crippen molar-refractivity contribution in [2.24, 2.45) is 0 Å². The number of carbonyl (C=O) groups is 1. The molecule has 0 radical (unpaired) electrons. The Bertz CT molecular complexity index is 1340. The summed E-state index contributed by atoms with van der Waals surface area (Å²) in [7, 11) is -9.37. The smallest absolute Gasteiger partial charge is 0.336 e. The van der Waals surface area contributed by atoms with Crippen LogP contribution < -0.4 is 0 Å². The maximum absolute atomic E-state index is 12.8. The molecule has 0 saturated heterocycles. The van der Waals surface area contributed by atoms with E-state index in [-0.39, 0.29) is 13.0 Å². The second-order valence-corrected chi connectivity index (χ2v) is 10.6. The third-order valence-electron chi connectivity index (χ3n) is 4.76. The van der Waals surface area contributed by atoms with E-state index in [1.165, 1.54) is 24.3 Å². The van der Waals surface area contributed by atoms with Gasteiger partial charge in [0.1, 0.15) is 0 Å². The van der Waals surface area contributed by atoms with E-state index in [9.17, 15) is 41.9 Å². The minimum absolute atomic E-state index is 0.0384. The maximum Gasteiger partial charge on any atom is 0.336 e. The minimum atomic E-state index is -4.81. The lowest BCUT2D eigenvalue weighted by Crippen LogP contribution is -2.30. The molecule has 37 heavy (non-hydrogen) atoms. The van der Waals surface area contributed by atoms with E-state index in [4.69, 9.17) is 13.1 Å². The zero-order valence-corrected chi connectivity index (χ0v) is 21.2. The summed E-state index contributed by atoms with van der Waals surface area (Å²) in [4.78, 5) is 31.6. The number of carbonyl (C=O) groups excluding carboxylic acids is 1. The van der Waals surface area contributed by atoms with Gasteiger partial charge in [-0.15, -0.1) is 0 Å². The van der Waals surface area contributed by atoms with Crippen molar-refractivity contribution in [3.05, 3.63) is 68.8 Å². The lowest BCUT2D eigenvalue weighted by atomic mass is 10.2. The third kappa shape index (κ3) is 8.28. The van der Waals surface area contributed by atoms with E-state index in [2.05, 4.69) is 0 Å². The standard InChI is InChI=1S/C21H24N2O12S2/c1-2-3-14-33-21(24)18(35-37(31,32)20-13-7-5-10-17(20)23(27)28)11-8-15-34-36(29,30)19-12-6-4-9-16(19)22(25)26/h4-7,9-10,12-13,18H,2-3,8,11,14-15H2,1H3. The second-order valence-electron chi connectivity index (χ2n) is 7.43. The topological polar surface area (TPSA) is 199 Å². The van der Waals surface area contributed by atoms with Crippen molar-refractivity contribution in [2.75, 3.05) is 13.2 Å². The Labute approximate surface area is 212 Å². The SMILES string of the molecule is CCCCOC(=O)C(CCCOS(=O)(=O)c1ccccc1[N+](=O)[O-])OS(=O)(=O)c1ccccc1[N+](=O)[O-]. The Hall–Kier alpha value is -3.47. The van der Waals surface area contributed by atoms with Crippen LogP contribution in [0.1, 0.15) is 32.6 Å². The zero-order valence-electron chi connectivity index (χ0n) is 19.5. The van der Waals surface area contributed by atoms with Crippen LogP contribution in [0.3, 0.4) is 0 Å². The molecule has 16 heteroatoms. The number of para-hydroxylation sites is 2. The average Bonchev–Trinajstić information content (AvgIpc) is 2.85. The number of nitro benzene ring substituents is 2. The van der Waals surface area contributed by atoms with Gasteiger partial charge in [0.05, 0.1) is 23.1 Å². The highest BCUT2D eigenvalue weighted by atomic mass is 32.2. The minimum Gasteiger partial charge on any atom is -0.464 e. The Balaban J connectivity index is 2.17. The van der Waals surface area contributed by atoms with Gasteiger partial charge in [-0.3, -0.25) is 28.6 Å². The summed E-state index contributed by atoms with van der Waals surface area (Å²) in [5, 5.41) is 22.3. The fourth-order valence-corrected chi connectivity index (χ4v) is 5.30. The summed E-state index contributed by atoms with van der Waals surface area (Å²) in [6.07, 6.45) is -1.27. The quantitative estimate of drug-likeness (QED) is 0.101. The molecular weight excluding hydrogens is 536 g/mol. The lowest BCUT2D eigenvalue weighted by molar-refractivity contribution is -0.388. The number of hydrogen-bond donors (Lipinski definition) is 0. The van der Waals surface area contributed by atoms with Crippen LogP contribution in [0, 0.1) is 20.2 Å². The van der Waals surface area contributed by atoms with Crippen LogP contribution in [-0.2, 0) is 38.1 Å². The number of hydrogen-bond acceptors (Lipinski definition) is 12. The van der Waals surface area contributed by atoms with Gasteiger partial charge in [-0.25, -0.2) is 4.79 Å². The predicted molar refractivity (Wildman–Crippen MR) is 126 cm³/mol. The van der Waals surface area contributed by atoms with Gasteiger partial charge in [0, 0.05) is 12.1 Å². The number of esters is 1. The van der Waals surface area contributed by atoms with Crippen LogP contribution in [-0.4, -0.2) is 52.0 Å². The summed E-state index contributed by atoms with van der Waals surface area (Å²) >= 11 is 0. The molecule has 202 valence electrons. The van der Waals surface area contributed by atoms with Crippen molar-refractivity contribution in [1.82, 2.24) is 0 Å². The van der Waals surface area contributed by atoms with Crippen LogP contribution in [0.25, 0.3) is 0 Å². The Morgan fingerprint density at radius 2 is 1.35 bits per heavy atom. The number of nitrogens with zero attached hydrogens (tertiary/aromatic N) is 2. The summed E-state index contributed by atoms with van der Waals surface area (Å²) in [5.41, 5.74) is -1.46. The van der Waals surface area contributed by atoms with E-state index in [0.29, 0.717) is 12.8 Å². The predicted octanol–water partition coefficient (Wildman–Crippen LogP) is 3.11. The van der Waals surface area contributed by atoms with E-state index in [1.807, 2.05) is 6.92 Å². The van der Waals surface area contributed by atoms with E-state index in [1.54, 1.807) is 0 Å². The number of nitro groups is 2. The Morgan fingerprint density at radius 3 is 1.86 bits per heavy atom. The number of rotatable bonds is 15. The third-order valence-corrected chi connectivity index (χ3v) is 7.49. The van der Waals surface area contributed by atoms with Crippen LogP contribution >= 0.6 is 0 Å². The first-order valence-corrected chi connectivity index (χ1v) is 13.7. The molecule has 0 heterocycles. The van der Waals surface area contributed by atoms with E-state index in [0.717, 1.165) is 24.3 Å². The maximum atomic E-state index is 12.8. The first-order chi connectivity index (χ1) is 17.4. The largest absolute Gasteiger partial charge is 0.464 e. The highest BCUT2D eigenvalue weighted by Gasteiger charge is 2.33. The summed E-state index contributed by atoms with van der Waals surface area (Å²) in [5.74, 6) is -1.07. The van der Waals surface area contributed by atoms with Crippen LogP contribution in [0.4, 0.5) is 11.4 Å². The van der Waals surface area contributed by atoms with E-state index < -0.39 is 76.3 Å². The van der Waals surface area contributed by atoms with Gasteiger partial charge in [-0.2, -0.15) is 16.8 Å². The highest BCUT2D eigenvalue weighted by Crippen LogP contribution is 2.27. The fraction of sp³-hybridized carbons (Fsp3) is 0.381. The van der Waals surface area contributed by atoms with E-state index >= 15 is 0 Å². The molecule has 0 fully saturated rings. The second kappa shape index (κ2) is 13.2. The normalized spacial score (nSPS) is 12.6. The number of ether oxygens (including phenoxy) is 1. The van der Waals surface area contributed by atoms with Crippen molar-refractivity contribution in [3.8, 4) is 0 Å². The summed E-state index contributed by atoms with van der Waals surface area (Å²) in [6, 6.07) is 8.90. The number of unbranched alkanes of at least 4 members (excludes halogenated alkanes) is 1. The molecule has 0 saturated carbocycles. The summed E-state index contributed by atoms with van der Waals surface area (Å²) in [6.45, 7) is 1.21. The molecular formula is C21H24N2O12S2. The van der Waals surface area contributed by atoms with Crippen molar-refractivity contribution in [3.63, 3.8) is 0 Å². The van der Waals surface area contributed by atoms with Crippen molar-refractivity contribution >= 4 is 37.6 Å². The lowest BCUT2D eigenvalue weighted by Gasteiger charge is -2.17. The molecule has 2 aromatic rings. The molecule has 2 rings (SSSR count). The van der Waals surface area contributed by atoms with Gasteiger partial charge in [0.15, 0.2) is 15.9 Å². The molecule has 1 unspecified atom stereocenters. The molecule has 1 atom stereocenters. The van der Waals surface area contributed by atoms with Crippen molar-refractivity contribution in [2.45, 2.75) is 48.5 Å². The zero-order chi connectivity index (χ0) is 27.6. The molecule has 0 amide bonds. The fourth-order valence-electron chi connectivity index (χ4n) is 2.96. The van der Waals surface area contributed by atoms with Crippen LogP contribution in [0.15, 0.2) is 58.3 Å². The molecule has 0 aromatic heterocycles. The highest BCUT2D eigenvalue weighted by molar-refractivity contribution is 7.87. The molecule has 0 bridgehead atoms. The summed E-state index contributed by atoms with van der Waals surface area (Å²) < 4.78 is 65.2. The van der Waals surface area contributed by atoms with Crippen LogP contribution in [0.5, 0.6) is 0 Å². The van der Waals surface area contributed by atoms with Gasteiger partial charge >= 0.3 is 26.2 Å². The van der Waals surface area contributed by atoms with Gasteiger partial charge in [-0.1, -0.05) is 37.6 Å². The Kier molecular flexibility index (Phi) is 10.6. The average molecular weight is 561 g/mol. The molecule has 0 aliphatic heterocycles. The molecule has 0 aliphatic carbocycles. The van der Waals surface area contributed by atoms with Gasteiger partial charge in [0.2, 0.25) is 0 Å². The molecule has 2 aromatic carbocycles. The van der Waals surface area contributed by atoms with Gasteiger partial charge < -0.3 is 4.74 Å². The monoisotopic (exact) mass is 560 g/mol. The molecule has 14 nitrogen and oxygen atoms in total. The first-order valence-electron chi connectivity index (χ1n) is 10.9. The molecule has 0 aliphatic rings. The molecule has 0 N–H and O–H groups in total. The number of benzene rings is 2. The van der Waals surface area contributed by atoms with Gasteiger partial charge in [-0.05, 0) is 31.4 Å². The van der Waals surface area contributed by atoms with Crippen molar-refractivity contribution in [1.29, 1.82) is 0 Å².